The highest BCUT2D eigenvalue weighted by Crippen LogP contribution is 2.21. The second-order valence-corrected chi connectivity index (χ2v) is 1.40. The van der Waals surface area contributed by atoms with Gasteiger partial charge in [-0.1, -0.05) is 5.16 Å². The maximum absolute atomic E-state index is 11.3. The zero-order valence-corrected chi connectivity index (χ0v) is 4.55. The Morgan fingerprint density at radius 1 is 1.60 bits per heavy atom. The SMILES string of the molecule is FC(F)(F)OC1[C]C=NO1. The molecule has 1 rings (SSSR count). The van der Waals surface area contributed by atoms with Gasteiger partial charge in [-0.2, -0.15) is 0 Å². The van der Waals surface area contributed by atoms with Crippen LogP contribution in [0, 0.1) is 6.42 Å². The lowest BCUT2D eigenvalue weighted by atomic mass is 10.5. The highest BCUT2D eigenvalue weighted by molar-refractivity contribution is 5.68. The predicted octanol–water partition coefficient (Wildman–Crippen LogP) is 0.946. The summed E-state index contributed by atoms with van der Waals surface area (Å²) in [6.45, 7) is 0. The summed E-state index contributed by atoms with van der Waals surface area (Å²) >= 11 is 0. The van der Waals surface area contributed by atoms with Crippen molar-refractivity contribution in [3.63, 3.8) is 0 Å². The summed E-state index contributed by atoms with van der Waals surface area (Å²) in [6, 6.07) is 0. The standard InChI is InChI=1S/C4H2F3NO2/c5-4(6,7)9-3-1-2-8-10-3/h2-3H. The fourth-order valence-electron chi connectivity index (χ4n) is 0.384. The molecule has 2 radical (unpaired) electrons. The third kappa shape index (κ3) is 2.22. The van der Waals surface area contributed by atoms with Crippen molar-refractivity contribution < 1.29 is 22.7 Å². The maximum Gasteiger partial charge on any atom is 0.525 e. The number of halogens is 3. The van der Waals surface area contributed by atoms with Crippen LogP contribution >= 0.6 is 0 Å². The molecule has 0 aromatic heterocycles. The largest absolute Gasteiger partial charge is 0.525 e. The number of oxime groups is 1. The van der Waals surface area contributed by atoms with Gasteiger partial charge >= 0.3 is 6.36 Å². The second kappa shape index (κ2) is 2.45. The Bertz CT molecular complexity index is 136. The van der Waals surface area contributed by atoms with E-state index in [0.29, 0.717) is 0 Å². The third-order valence-corrected chi connectivity index (χ3v) is 0.661. The Kier molecular flexibility index (Phi) is 1.80. The minimum absolute atomic E-state index is 0.969. The van der Waals surface area contributed by atoms with Gasteiger partial charge in [0.2, 0.25) is 6.29 Å². The number of rotatable bonds is 1. The van der Waals surface area contributed by atoms with Crippen LogP contribution in [0.2, 0.25) is 0 Å². The summed E-state index contributed by atoms with van der Waals surface area (Å²) in [5, 5.41) is 2.99. The molecule has 3 nitrogen and oxygen atoms in total. The van der Waals surface area contributed by atoms with Crippen molar-refractivity contribution in [3.8, 4) is 0 Å². The van der Waals surface area contributed by atoms with Crippen LogP contribution in [-0.2, 0) is 9.57 Å². The molecule has 0 aromatic carbocycles. The molecule has 1 aliphatic rings. The molecule has 0 fully saturated rings. The summed E-state index contributed by atoms with van der Waals surface area (Å²) < 4.78 is 37.3. The van der Waals surface area contributed by atoms with E-state index in [1.54, 1.807) is 0 Å². The zero-order chi connectivity index (χ0) is 7.61. The Morgan fingerprint density at radius 2 is 2.30 bits per heavy atom. The molecule has 0 amide bonds. The predicted molar refractivity (Wildman–Crippen MR) is 23.7 cm³/mol. The fraction of sp³-hybridized carbons (Fsp3) is 0.500. The van der Waals surface area contributed by atoms with Crippen LogP contribution in [0.4, 0.5) is 13.2 Å². The van der Waals surface area contributed by atoms with E-state index in [4.69, 9.17) is 0 Å². The molecule has 0 bridgehead atoms. The first-order valence-corrected chi connectivity index (χ1v) is 2.26. The number of nitrogens with zero attached hydrogens (tertiary/aromatic N) is 1. The summed E-state index contributed by atoms with van der Waals surface area (Å²) in [5.74, 6) is 0. The summed E-state index contributed by atoms with van der Waals surface area (Å²) in [4.78, 5) is 4.05. The Hall–Kier alpha value is -0.780. The van der Waals surface area contributed by atoms with Crippen molar-refractivity contribution in [2.75, 3.05) is 0 Å². The lowest BCUT2D eigenvalue weighted by Gasteiger charge is -2.10. The van der Waals surface area contributed by atoms with Crippen LogP contribution in [-0.4, -0.2) is 18.9 Å². The normalized spacial score (nSPS) is 24.9. The van der Waals surface area contributed by atoms with Crippen LogP contribution in [0.3, 0.4) is 0 Å². The molecule has 0 spiro atoms. The van der Waals surface area contributed by atoms with Gasteiger partial charge in [0, 0.05) is 0 Å². The first kappa shape index (κ1) is 7.33. The van der Waals surface area contributed by atoms with E-state index in [0.717, 1.165) is 6.21 Å². The lowest BCUT2D eigenvalue weighted by Crippen LogP contribution is -2.23. The Morgan fingerprint density at radius 3 is 2.70 bits per heavy atom. The molecule has 1 atom stereocenters. The fourth-order valence-corrected chi connectivity index (χ4v) is 0.384. The molecule has 6 heteroatoms. The first-order valence-electron chi connectivity index (χ1n) is 2.26. The number of ether oxygens (including phenoxy) is 1. The molecular formula is C4H2F3NO2. The van der Waals surface area contributed by atoms with E-state index >= 15 is 0 Å². The average Bonchev–Trinajstić information content (AvgIpc) is 2.12. The lowest BCUT2D eigenvalue weighted by molar-refractivity contribution is -0.368. The van der Waals surface area contributed by atoms with Crippen LogP contribution < -0.4 is 0 Å². The second-order valence-electron chi connectivity index (χ2n) is 1.40. The van der Waals surface area contributed by atoms with Crippen LogP contribution in [0.1, 0.15) is 0 Å². The van der Waals surface area contributed by atoms with Crippen molar-refractivity contribution in [3.05, 3.63) is 6.42 Å². The monoisotopic (exact) mass is 153 g/mol. The molecule has 10 heavy (non-hydrogen) atoms. The van der Waals surface area contributed by atoms with Crippen molar-refractivity contribution in [1.29, 1.82) is 0 Å². The van der Waals surface area contributed by atoms with Gasteiger partial charge in [0.05, 0.1) is 6.21 Å². The van der Waals surface area contributed by atoms with Crippen molar-refractivity contribution in [1.82, 2.24) is 0 Å². The van der Waals surface area contributed by atoms with Gasteiger partial charge in [0.25, 0.3) is 0 Å². The Labute approximate surface area is 54.4 Å². The molecule has 0 saturated carbocycles. The minimum atomic E-state index is -4.70. The van der Waals surface area contributed by atoms with Gasteiger partial charge in [-0.15, -0.1) is 13.2 Å². The number of hydrogen-bond acceptors (Lipinski definition) is 3. The number of hydrogen-bond donors (Lipinski definition) is 0. The van der Waals surface area contributed by atoms with Gasteiger partial charge in [-0.25, -0.2) is 4.74 Å². The van der Waals surface area contributed by atoms with Crippen LogP contribution in [0.5, 0.6) is 0 Å². The molecule has 1 unspecified atom stereocenters. The van der Waals surface area contributed by atoms with Crippen molar-refractivity contribution in [2.45, 2.75) is 12.7 Å². The van der Waals surface area contributed by atoms with Gasteiger partial charge in [-0.05, 0) is 0 Å². The number of alkyl halides is 3. The quantitative estimate of drug-likeness (QED) is 0.561. The zero-order valence-electron chi connectivity index (χ0n) is 4.55. The maximum atomic E-state index is 11.3. The Balaban J connectivity index is 2.26. The van der Waals surface area contributed by atoms with Gasteiger partial charge in [0.15, 0.2) is 0 Å². The van der Waals surface area contributed by atoms with E-state index in [-0.39, 0.29) is 0 Å². The van der Waals surface area contributed by atoms with E-state index in [9.17, 15) is 13.2 Å². The summed E-state index contributed by atoms with van der Waals surface area (Å²) in [7, 11) is 0. The molecule has 0 N–H and O–H groups in total. The molecule has 1 aliphatic heterocycles. The van der Waals surface area contributed by atoms with Gasteiger partial charge in [0.1, 0.15) is 6.42 Å². The highest BCUT2D eigenvalue weighted by atomic mass is 19.4. The van der Waals surface area contributed by atoms with Gasteiger partial charge in [-0.3, -0.25) is 0 Å². The molecule has 0 aromatic rings. The van der Waals surface area contributed by atoms with Gasteiger partial charge < -0.3 is 4.84 Å². The molecular weight excluding hydrogens is 151 g/mol. The summed E-state index contributed by atoms with van der Waals surface area (Å²) in [5.41, 5.74) is 0. The topological polar surface area (TPSA) is 30.8 Å². The first-order chi connectivity index (χ1) is 4.58. The molecule has 1 heterocycles. The minimum Gasteiger partial charge on any atom is -0.363 e. The van der Waals surface area contributed by atoms with Crippen LogP contribution in [0.25, 0.3) is 0 Å². The van der Waals surface area contributed by atoms with E-state index in [2.05, 4.69) is 21.2 Å². The van der Waals surface area contributed by atoms with E-state index in [1.165, 1.54) is 0 Å². The van der Waals surface area contributed by atoms with Crippen molar-refractivity contribution in [2.24, 2.45) is 5.16 Å². The van der Waals surface area contributed by atoms with E-state index < -0.39 is 12.7 Å². The van der Waals surface area contributed by atoms with Crippen LogP contribution in [0.15, 0.2) is 5.16 Å². The summed E-state index contributed by atoms with van der Waals surface area (Å²) in [6.07, 6.45) is -3.22. The molecule has 56 valence electrons. The van der Waals surface area contributed by atoms with Crippen molar-refractivity contribution >= 4 is 6.21 Å². The molecule has 0 aliphatic carbocycles. The smallest absolute Gasteiger partial charge is 0.363 e. The van der Waals surface area contributed by atoms with E-state index in [1.807, 2.05) is 0 Å². The molecule has 0 saturated heterocycles. The highest BCUT2D eigenvalue weighted by Gasteiger charge is 2.35. The average molecular weight is 153 g/mol. The third-order valence-electron chi connectivity index (χ3n) is 0.661.